The molecule has 0 bridgehead atoms. The predicted molar refractivity (Wildman–Crippen MR) is 223 cm³/mol. The Kier molecular flexibility index (Phi) is 8.71. The molecule has 272 valence electrons. The summed E-state index contributed by atoms with van der Waals surface area (Å²) < 4.78 is 11.2. The van der Waals surface area contributed by atoms with Gasteiger partial charge >= 0.3 is 0 Å². The summed E-state index contributed by atoms with van der Waals surface area (Å²) in [6.07, 6.45) is 1.92. The van der Waals surface area contributed by atoms with Crippen molar-refractivity contribution in [2.24, 2.45) is 0 Å². The van der Waals surface area contributed by atoms with Crippen LogP contribution in [-0.2, 0) is 16.2 Å². The molecule has 0 fully saturated rings. The van der Waals surface area contributed by atoms with E-state index in [0.29, 0.717) is 0 Å². The van der Waals surface area contributed by atoms with Crippen LogP contribution in [0, 0.1) is 27.7 Å². The van der Waals surface area contributed by atoms with Gasteiger partial charge in [0.1, 0.15) is 17.3 Å². The molecule has 7 rings (SSSR count). The average molecular weight is 703 g/mol. The Labute approximate surface area is 315 Å². The number of hydrogen-bond donors (Lipinski definition) is 0. The van der Waals surface area contributed by atoms with E-state index in [2.05, 4.69) is 184 Å². The van der Waals surface area contributed by atoms with E-state index in [1.165, 1.54) is 44.3 Å². The maximum absolute atomic E-state index is 6.82. The van der Waals surface area contributed by atoms with Gasteiger partial charge in [-0.1, -0.05) is 92.6 Å². The fourth-order valence-corrected chi connectivity index (χ4v) is 7.65. The maximum atomic E-state index is 6.82. The number of benzene rings is 4. The molecule has 5 nitrogen and oxygen atoms in total. The van der Waals surface area contributed by atoms with E-state index in [9.17, 15) is 0 Å². The number of aromatic nitrogens is 4. The number of para-hydroxylation sites is 1. The van der Waals surface area contributed by atoms with Gasteiger partial charge < -0.3 is 4.74 Å². The Bertz CT molecular complexity index is 2500. The van der Waals surface area contributed by atoms with Crippen molar-refractivity contribution in [2.45, 2.75) is 106 Å². The molecule has 0 aliphatic rings. The summed E-state index contributed by atoms with van der Waals surface area (Å²) >= 11 is 0. The molecule has 0 aliphatic heterocycles. The zero-order chi connectivity index (χ0) is 38.2. The minimum atomic E-state index is -0.108. The van der Waals surface area contributed by atoms with Crippen molar-refractivity contribution in [3.63, 3.8) is 0 Å². The second-order valence-corrected chi connectivity index (χ2v) is 17.9. The molecule has 3 heterocycles. The van der Waals surface area contributed by atoms with Crippen LogP contribution in [0.25, 0.3) is 44.4 Å². The van der Waals surface area contributed by atoms with Crippen molar-refractivity contribution in [3.8, 4) is 34.1 Å². The fraction of sp³-hybridized carbons (Fsp3) is 0.333. The highest BCUT2D eigenvalue weighted by Crippen LogP contribution is 2.40. The summed E-state index contributed by atoms with van der Waals surface area (Å²) in [6, 6.07) is 30.5. The first-order valence-corrected chi connectivity index (χ1v) is 18.8. The summed E-state index contributed by atoms with van der Waals surface area (Å²) in [5.41, 5.74) is 14.1. The molecule has 5 heteroatoms. The van der Waals surface area contributed by atoms with Crippen molar-refractivity contribution in [1.82, 2.24) is 19.3 Å². The van der Waals surface area contributed by atoms with Crippen molar-refractivity contribution in [2.75, 3.05) is 0 Å². The summed E-state index contributed by atoms with van der Waals surface area (Å²) in [6.45, 7) is 29.1. The molecule has 0 aliphatic carbocycles. The van der Waals surface area contributed by atoms with Gasteiger partial charge in [0.25, 0.3) is 0 Å². The van der Waals surface area contributed by atoms with E-state index in [0.717, 1.165) is 50.8 Å². The van der Waals surface area contributed by atoms with Gasteiger partial charge in [-0.05, 0) is 120 Å². The highest BCUT2D eigenvalue weighted by Gasteiger charge is 2.24. The quantitative estimate of drug-likeness (QED) is 0.179. The molecule has 3 aromatic heterocycles. The van der Waals surface area contributed by atoms with Gasteiger partial charge in [-0.25, -0.2) is 9.67 Å². The fourth-order valence-electron chi connectivity index (χ4n) is 7.65. The minimum absolute atomic E-state index is 0.00127. The van der Waals surface area contributed by atoms with Crippen LogP contribution in [0.1, 0.15) is 102 Å². The number of hydrogen-bond acceptors (Lipinski definition) is 3. The number of ether oxygens (including phenoxy) is 1. The van der Waals surface area contributed by atoms with E-state index < -0.39 is 0 Å². The SMILES string of the molecule is Cc1cc(C(C)(C)C)cc(C)c1-c1c(C)nn(-c2cc(Oc3ccc4c5ccccc5n(-c5cc(C(C)(C)C)ccn5)c4c3)cc(C(C)(C)C)c2)c1C. The topological polar surface area (TPSA) is 44.9 Å². The van der Waals surface area contributed by atoms with Crippen LogP contribution in [0.5, 0.6) is 11.5 Å². The molecular weight excluding hydrogens is 649 g/mol. The van der Waals surface area contributed by atoms with E-state index in [1.807, 2.05) is 6.20 Å². The lowest BCUT2D eigenvalue weighted by molar-refractivity contribution is 0.478. The van der Waals surface area contributed by atoms with Gasteiger partial charge in [0.2, 0.25) is 0 Å². The highest BCUT2D eigenvalue weighted by molar-refractivity contribution is 6.09. The predicted octanol–water partition coefficient (Wildman–Crippen LogP) is 12.9. The second kappa shape index (κ2) is 12.8. The minimum Gasteiger partial charge on any atom is -0.457 e. The van der Waals surface area contributed by atoms with Crippen LogP contribution in [0.2, 0.25) is 0 Å². The monoisotopic (exact) mass is 702 g/mol. The van der Waals surface area contributed by atoms with Crippen molar-refractivity contribution in [1.29, 1.82) is 0 Å². The summed E-state index contributed by atoms with van der Waals surface area (Å²) in [4.78, 5) is 4.87. The Morgan fingerprint density at radius 1 is 0.547 bits per heavy atom. The number of fused-ring (bicyclic) bond motifs is 3. The zero-order valence-corrected chi connectivity index (χ0v) is 33.9. The lowest BCUT2D eigenvalue weighted by Crippen LogP contribution is -2.13. The molecule has 0 radical (unpaired) electrons. The van der Waals surface area contributed by atoms with E-state index in [4.69, 9.17) is 14.8 Å². The van der Waals surface area contributed by atoms with Crippen LogP contribution >= 0.6 is 0 Å². The Morgan fingerprint density at radius 2 is 1.17 bits per heavy atom. The van der Waals surface area contributed by atoms with Crippen LogP contribution in [0.4, 0.5) is 0 Å². The summed E-state index contributed by atoms with van der Waals surface area (Å²) in [5.74, 6) is 2.44. The van der Waals surface area contributed by atoms with Gasteiger partial charge in [-0.15, -0.1) is 0 Å². The largest absolute Gasteiger partial charge is 0.457 e. The Balaban J connectivity index is 1.34. The number of aryl methyl sites for hydroxylation is 3. The standard InChI is InChI=1S/C48H54N4O/c1-29-22-34(47(8,9)10)23-30(2)44(29)45-31(3)50-52(32(45)4)36-24-35(48(11,12)13)25-38(27-36)53-37-18-19-40-39-16-14-15-17-41(39)51(42(40)28-37)43-26-33(20-21-49-43)46(5,6)7/h14-28H,1-13H3. The smallest absolute Gasteiger partial charge is 0.137 e. The Hall–Kier alpha value is -5.16. The first-order chi connectivity index (χ1) is 24.8. The highest BCUT2D eigenvalue weighted by atomic mass is 16.5. The molecule has 0 amide bonds. The van der Waals surface area contributed by atoms with Crippen LogP contribution in [0.3, 0.4) is 0 Å². The van der Waals surface area contributed by atoms with Gasteiger partial charge in [0, 0.05) is 40.4 Å². The molecule has 0 atom stereocenters. The third kappa shape index (κ3) is 6.67. The van der Waals surface area contributed by atoms with Gasteiger partial charge in [0.15, 0.2) is 0 Å². The lowest BCUT2D eigenvalue weighted by atomic mass is 9.82. The maximum Gasteiger partial charge on any atom is 0.137 e. The average Bonchev–Trinajstić information content (AvgIpc) is 3.56. The zero-order valence-electron chi connectivity index (χ0n) is 33.9. The molecule has 0 saturated carbocycles. The molecule has 0 saturated heterocycles. The normalized spacial score (nSPS) is 12.6. The number of pyridine rings is 1. The molecule has 0 unspecified atom stereocenters. The third-order valence-corrected chi connectivity index (χ3v) is 10.7. The van der Waals surface area contributed by atoms with Crippen LogP contribution < -0.4 is 4.74 Å². The van der Waals surface area contributed by atoms with Crippen molar-refractivity contribution in [3.05, 3.63) is 130 Å². The Morgan fingerprint density at radius 3 is 1.83 bits per heavy atom. The number of nitrogens with zero attached hydrogens (tertiary/aromatic N) is 4. The van der Waals surface area contributed by atoms with Crippen LogP contribution in [-0.4, -0.2) is 19.3 Å². The van der Waals surface area contributed by atoms with Crippen molar-refractivity contribution >= 4 is 21.8 Å². The molecule has 0 N–H and O–H groups in total. The van der Waals surface area contributed by atoms with Gasteiger partial charge in [0.05, 0.1) is 22.4 Å². The molecular formula is C48H54N4O. The summed E-state index contributed by atoms with van der Waals surface area (Å²) in [5, 5.41) is 7.52. The van der Waals surface area contributed by atoms with Gasteiger partial charge in [-0.2, -0.15) is 5.10 Å². The summed E-state index contributed by atoms with van der Waals surface area (Å²) in [7, 11) is 0. The molecule has 4 aromatic carbocycles. The van der Waals surface area contributed by atoms with Crippen LogP contribution in [0.15, 0.2) is 91.1 Å². The third-order valence-electron chi connectivity index (χ3n) is 10.7. The molecule has 53 heavy (non-hydrogen) atoms. The first kappa shape index (κ1) is 36.2. The van der Waals surface area contributed by atoms with Gasteiger partial charge in [-0.3, -0.25) is 4.57 Å². The number of rotatable bonds is 5. The second-order valence-electron chi connectivity index (χ2n) is 17.9. The molecule has 0 spiro atoms. The lowest BCUT2D eigenvalue weighted by Gasteiger charge is -2.23. The van der Waals surface area contributed by atoms with E-state index >= 15 is 0 Å². The first-order valence-electron chi connectivity index (χ1n) is 18.8. The van der Waals surface area contributed by atoms with Crippen molar-refractivity contribution < 1.29 is 4.74 Å². The molecule has 7 aromatic rings. The van der Waals surface area contributed by atoms with E-state index in [1.54, 1.807) is 0 Å². The van der Waals surface area contributed by atoms with E-state index in [-0.39, 0.29) is 16.2 Å².